The summed E-state index contributed by atoms with van der Waals surface area (Å²) in [4.78, 5) is 13.6. The van der Waals surface area contributed by atoms with Crippen LogP contribution in [0.4, 0.5) is 5.69 Å². The molecule has 0 bridgehead atoms. The lowest BCUT2D eigenvalue weighted by Crippen LogP contribution is -2.39. The zero-order chi connectivity index (χ0) is 15.9. The van der Waals surface area contributed by atoms with Crippen LogP contribution in [0.1, 0.15) is 32.3 Å². The maximum atomic E-state index is 12.8. The summed E-state index contributed by atoms with van der Waals surface area (Å²) in [6.07, 6.45) is 2.72. The molecule has 0 spiro atoms. The van der Waals surface area contributed by atoms with Crippen molar-refractivity contribution in [2.45, 2.75) is 38.0 Å². The zero-order valence-electron chi connectivity index (χ0n) is 13.1. The molecule has 1 saturated heterocycles. The molecule has 2 aliphatic rings. The standard InChI is InChI=1S/C16H22N2O3S/c1-12-4-3-8-17(11-12)22(20,21)15-5-6-16-14(10-15)7-9-18(16)13(2)19/h5-6,10,12H,3-4,7-9,11H2,1-2H3. The van der Waals surface area contributed by atoms with Crippen molar-refractivity contribution >= 4 is 21.6 Å². The van der Waals surface area contributed by atoms with Crippen LogP contribution >= 0.6 is 0 Å². The first kappa shape index (κ1) is 15.5. The number of benzene rings is 1. The van der Waals surface area contributed by atoms with Gasteiger partial charge in [0.15, 0.2) is 0 Å². The van der Waals surface area contributed by atoms with Gasteiger partial charge in [0.05, 0.1) is 4.90 Å². The van der Waals surface area contributed by atoms with Crippen LogP contribution in [0.3, 0.4) is 0 Å². The van der Waals surface area contributed by atoms with Gasteiger partial charge in [-0.3, -0.25) is 4.79 Å². The normalized spacial score (nSPS) is 22.6. The summed E-state index contributed by atoms with van der Waals surface area (Å²) < 4.78 is 27.2. The van der Waals surface area contributed by atoms with Crippen LogP contribution in [0.15, 0.2) is 23.1 Å². The van der Waals surface area contributed by atoms with E-state index in [0.29, 0.717) is 36.9 Å². The second-order valence-electron chi connectivity index (χ2n) is 6.32. The van der Waals surface area contributed by atoms with Crippen molar-refractivity contribution in [3.05, 3.63) is 23.8 Å². The quantitative estimate of drug-likeness (QED) is 0.837. The highest BCUT2D eigenvalue weighted by Crippen LogP contribution is 2.32. The minimum Gasteiger partial charge on any atom is -0.312 e. The molecule has 1 aromatic rings. The van der Waals surface area contributed by atoms with Gasteiger partial charge in [-0.1, -0.05) is 6.92 Å². The molecule has 1 fully saturated rings. The number of sulfonamides is 1. The summed E-state index contributed by atoms with van der Waals surface area (Å²) in [7, 11) is -3.42. The van der Waals surface area contributed by atoms with Gasteiger partial charge in [0, 0.05) is 32.2 Å². The van der Waals surface area contributed by atoms with Gasteiger partial charge in [-0.25, -0.2) is 8.42 Å². The van der Waals surface area contributed by atoms with Gasteiger partial charge >= 0.3 is 0 Å². The molecule has 3 rings (SSSR count). The smallest absolute Gasteiger partial charge is 0.243 e. The van der Waals surface area contributed by atoms with Crippen LogP contribution in [0.2, 0.25) is 0 Å². The van der Waals surface area contributed by atoms with Crippen molar-refractivity contribution in [3.8, 4) is 0 Å². The molecular formula is C16H22N2O3S. The average molecular weight is 322 g/mol. The van der Waals surface area contributed by atoms with Crippen LogP contribution in [0.5, 0.6) is 0 Å². The Balaban J connectivity index is 1.91. The van der Waals surface area contributed by atoms with Crippen molar-refractivity contribution < 1.29 is 13.2 Å². The van der Waals surface area contributed by atoms with Crippen molar-refractivity contribution in [3.63, 3.8) is 0 Å². The van der Waals surface area contributed by atoms with Crippen molar-refractivity contribution in [2.75, 3.05) is 24.5 Å². The molecule has 0 radical (unpaired) electrons. The SMILES string of the molecule is CC(=O)N1CCc2cc(S(=O)(=O)N3CCCC(C)C3)ccc21. The van der Waals surface area contributed by atoms with Gasteiger partial charge in [0.2, 0.25) is 15.9 Å². The third-order valence-electron chi connectivity index (χ3n) is 4.58. The highest BCUT2D eigenvalue weighted by molar-refractivity contribution is 7.89. The molecule has 1 unspecified atom stereocenters. The van der Waals surface area contributed by atoms with Gasteiger partial charge in [0.1, 0.15) is 0 Å². The minimum atomic E-state index is -3.42. The first-order valence-corrected chi connectivity index (χ1v) is 9.25. The Bertz CT molecular complexity index is 699. The number of piperidine rings is 1. The van der Waals surface area contributed by atoms with Gasteiger partial charge < -0.3 is 4.90 Å². The number of fused-ring (bicyclic) bond motifs is 1. The molecule has 0 aromatic heterocycles. The monoisotopic (exact) mass is 322 g/mol. The fraction of sp³-hybridized carbons (Fsp3) is 0.562. The van der Waals surface area contributed by atoms with Crippen LogP contribution in [-0.4, -0.2) is 38.3 Å². The predicted octanol–water partition coefficient (Wildman–Crippen LogP) is 2.02. The first-order valence-electron chi connectivity index (χ1n) is 7.81. The molecule has 1 amide bonds. The number of anilines is 1. The van der Waals surface area contributed by atoms with E-state index in [9.17, 15) is 13.2 Å². The number of nitrogens with zero attached hydrogens (tertiary/aromatic N) is 2. The predicted molar refractivity (Wildman–Crippen MR) is 85.3 cm³/mol. The zero-order valence-corrected chi connectivity index (χ0v) is 13.9. The molecule has 6 heteroatoms. The summed E-state index contributed by atoms with van der Waals surface area (Å²) >= 11 is 0. The Morgan fingerprint density at radius 1 is 1.27 bits per heavy atom. The topological polar surface area (TPSA) is 57.7 Å². The third-order valence-corrected chi connectivity index (χ3v) is 6.45. The molecular weight excluding hydrogens is 300 g/mol. The van der Waals surface area contributed by atoms with E-state index in [2.05, 4.69) is 6.92 Å². The lowest BCUT2D eigenvalue weighted by molar-refractivity contribution is -0.116. The molecule has 0 saturated carbocycles. The third kappa shape index (κ3) is 2.65. The highest BCUT2D eigenvalue weighted by atomic mass is 32.2. The summed E-state index contributed by atoms with van der Waals surface area (Å²) in [5.74, 6) is 0.408. The summed E-state index contributed by atoms with van der Waals surface area (Å²) in [6.45, 7) is 5.46. The molecule has 5 nitrogen and oxygen atoms in total. The van der Waals surface area contributed by atoms with E-state index < -0.39 is 10.0 Å². The summed E-state index contributed by atoms with van der Waals surface area (Å²) in [5, 5.41) is 0. The second-order valence-corrected chi connectivity index (χ2v) is 8.26. The maximum Gasteiger partial charge on any atom is 0.243 e. The maximum absolute atomic E-state index is 12.8. The van der Waals surface area contributed by atoms with Crippen LogP contribution in [0, 0.1) is 5.92 Å². The Hall–Kier alpha value is -1.40. The van der Waals surface area contributed by atoms with Gasteiger partial charge in [0.25, 0.3) is 0 Å². The fourth-order valence-corrected chi connectivity index (χ4v) is 5.03. The molecule has 0 aliphatic carbocycles. The van der Waals surface area contributed by atoms with Gasteiger partial charge in [-0.15, -0.1) is 0 Å². The van der Waals surface area contributed by atoms with E-state index >= 15 is 0 Å². The lowest BCUT2D eigenvalue weighted by atomic mass is 10.0. The Morgan fingerprint density at radius 2 is 2.05 bits per heavy atom. The number of hydrogen-bond donors (Lipinski definition) is 0. The molecule has 2 aliphatic heterocycles. The van der Waals surface area contributed by atoms with E-state index in [4.69, 9.17) is 0 Å². The molecule has 1 aromatic carbocycles. The molecule has 120 valence electrons. The Labute approximate surface area is 132 Å². The lowest BCUT2D eigenvalue weighted by Gasteiger charge is -2.30. The van der Waals surface area contributed by atoms with Gasteiger partial charge in [-0.05, 0) is 48.9 Å². The number of hydrogen-bond acceptors (Lipinski definition) is 3. The average Bonchev–Trinajstić information content (AvgIpc) is 2.90. The summed E-state index contributed by atoms with van der Waals surface area (Å²) in [5.41, 5.74) is 1.79. The largest absolute Gasteiger partial charge is 0.312 e. The highest BCUT2D eigenvalue weighted by Gasteiger charge is 2.30. The molecule has 2 heterocycles. The number of carbonyl (C=O) groups is 1. The number of amides is 1. The van der Waals surface area contributed by atoms with E-state index in [1.807, 2.05) is 0 Å². The summed E-state index contributed by atoms with van der Waals surface area (Å²) in [6, 6.07) is 5.14. The van der Waals surface area contributed by atoms with Gasteiger partial charge in [-0.2, -0.15) is 4.31 Å². The first-order chi connectivity index (χ1) is 10.4. The van der Waals surface area contributed by atoms with Crippen molar-refractivity contribution in [1.29, 1.82) is 0 Å². The number of rotatable bonds is 2. The van der Waals surface area contributed by atoms with Crippen LogP contribution in [-0.2, 0) is 21.2 Å². The van der Waals surface area contributed by atoms with Crippen LogP contribution in [0.25, 0.3) is 0 Å². The van der Waals surface area contributed by atoms with E-state index in [-0.39, 0.29) is 5.91 Å². The minimum absolute atomic E-state index is 0.000729. The van der Waals surface area contributed by atoms with E-state index in [0.717, 1.165) is 24.1 Å². The molecule has 22 heavy (non-hydrogen) atoms. The Morgan fingerprint density at radius 3 is 2.73 bits per heavy atom. The second kappa shape index (κ2) is 5.66. The Kier molecular flexibility index (Phi) is 3.99. The van der Waals surface area contributed by atoms with Crippen molar-refractivity contribution in [2.24, 2.45) is 5.92 Å². The van der Waals surface area contributed by atoms with Crippen LogP contribution < -0.4 is 4.90 Å². The van der Waals surface area contributed by atoms with Crippen molar-refractivity contribution in [1.82, 2.24) is 4.31 Å². The van der Waals surface area contributed by atoms with E-state index in [1.165, 1.54) is 6.92 Å². The molecule has 1 atom stereocenters. The molecule has 0 N–H and O–H groups in total. The number of carbonyl (C=O) groups excluding carboxylic acids is 1. The van der Waals surface area contributed by atoms with E-state index in [1.54, 1.807) is 27.4 Å². The fourth-order valence-electron chi connectivity index (χ4n) is 3.38.